The molecule has 8 nitrogen and oxygen atoms in total. The van der Waals surface area contributed by atoms with Crippen LogP contribution in [0.5, 0.6) is 0 Å². The molecule has 8 heteroatoms. The van der Waals surface area contributed by atoms with Crippen molar-refractivity contribution < 1.29 is 14.4 Å². The van der Waals surface area contributed by atoms with E-state index in [1.54, 1.807) is 24.3 Å². The Bertz CT molecular complexity index is 954. The molecule has 0 spiro atoms. The fourth-order valence-corrected chi connectivity index (χ4v) is 4.27. The van der Waals surface area contributed by atoms with E-state index < -0.39 is 12.1 Å². The van der Waals surface area contributed by atoms with Gasteiger partial charge in [-0.1, -0.05) is 48.5 Å². The van der Waals surface area contributed by atoms with E-state index in [1.165, 1.54) is 0 Å². The normalized spacial score (nSPS) is 17.3. The highest BCUT2D eigenvalue weighted by Gasteiger charge is 2.31. The molecule has 0 aliphatic carbocycles. The van der Waals surface area contributed by atoms with Gasteiger partial charge in [0.2, 0.25) is 11.8 Å². The molecule has 0 aromatic heterocycles. The molecule has 3 rings (SSSR count). The van der Waals surface area contributed by atoms with Gasteiger partial charge in [-0.3, -0.25) is 14.4 Å². The summed E-state index contributed by atoms with van der Waals surface area (Å²) in [6.07, 6.45) is 2.33. The Labute approximate surface area is 207 Å². The lowest BCUT2D eigenvalue weighted by atomic mass is 10.0. The molecule has 0 radical (unpaired) electrons. The minimum atomic E-state index is -0.822. The van der Waals surface area contributed by atoms with Crippen molar-refractivity contribution in [3.8, 4) is 0 Å². The maximum absolute atomic E-state index is 13.5. The monoisotopic (exact) mass is 479 g/mol. The molecule has 0 unspecified atom stereocenters. The molecule has 5 N–H and O–H groups in total. The number of nitrogens with zero attached hydrogens (tertiary/aromatic N) is 1. The molecule has 1 saturated heterocycles. The van der Waals surface area contributed by atoms with Crippen LogP contribution in [0.4, 0.5) is 0 Å². The lowest BCUT2D eigenvalue weighted by Gasteiger charge is -2.35. The van der Waals surface area contributed by atoms with Gasteiger partial charge in [-0.25, -0.2) is 0 Å². The molecule has 188 valence electrons. The molecule has 1 aliphatic heterocycles. The molecule has 3 amide bonds. The molecular weight excluding hydrogens is 442 g/mol. The quantitative estimate of drug-likeness (QED) is 0.364. The summed E-state index contributed by atoms with van der Waals surface area (Å²) in [5, 5.41) is 9.17. The largest absolute Gasteiger partial charge is 0.343 e. The predicted molar refractivity (Wildman–Crippen MR) is 137 cm³/mol. The van der Waals surface area contributed by atoms with Crippen LogP contribution in [0.1, 0.15) is 42.1 Å². The van der Waals surface area contributed by atoms with Crippen LogP contribution in [0.15, 0.2) is 60.7 Å². The standard InChI is InChI=1S/C27H37N5O3/c1-20-19-32(17-16-29-20)27(35)23(14-8-9-15-28)30-26(34)24(18-21-10-4-2-5-11-21)31-25(33)22-12-6-3-7-13-22/h2-7,10-13,20,23-24,29H,8-9,14-19,28H2,1H3,(H,30,34)(H,31,33)/t20-,23+,24+/m1/s1. The second-order valence-electron chi connectivity index (χ2n) is 9.07. The van der Waals surface area contributed by atoms with Crippen molar-refractivity contribution in [2.24, 2.45) is 5.73 Å². The van der Waals surface area contributed by atoms with Gasteiger partial charge in [-0.15, -0.1) is 0 Å². The van der Waals surface area contributed by atoms with Gasteiger partial charge in [0.15, 0.2) is 0 Å². The summed E-state index contributed by atoms with van der Waals surface area (Å²) >= 11 is 0. The lowest BCUT2D eigenvalue weighted by molar-refractivity contribution is -0.138. The van der Waals surface area contributed by atoms with Gasteiger partial charge < -0.3 is 26.6 Å². The smallest absolute Gasteiger partial charge is 0.251 e. The molecule has 1 fully saturated rings. The second kappa shape index (κ2) is 13.6. The van der Waals surface area contributed by atoms with E-state index >= 15 is 0 Å². The van der Waals surface area contributed by atoms with Crippen LogP contribution in [0.2, 0.25) is 0 Å². The Balaban J connectivity index is 1.76. The lowest BCUT2D eigenvalue weighted by Crippen LogP contribution is -2.58. The SMILES string of the molecule is C[C@@H]1CN(C(=O)[C@H](CCCCN)NC(=O)[C@H](Cc2ccccc2)NC(=O)c2ccccc2)CCN1. The van der Waals surface area contributed by atoms with Crippen LogP contribution in [0.3, 0.4) is 0 Å². The molecule has 1 heterocycles. The van der Waals surface area contributed by atoms with Crippen LogP contribution < -0.4 is 21.7 Å². The zero-order valence-corrected chi connectivity index (χ0v) is 20.4. The first kappa shape index (κ1) is 26.4. The Hall–Kier alpha value is -3.23. The van der Waals surface area contributed by atoms with Crippen LogP contribution in [0.25, 0.3) is 0 Å². The Morgan fingerprint density at radius 1 is 1.00 bits per heavy atom. The number of nitrogens with one attached hydrogen (secondary N) is 3. The number of rotatable bonds is 11. The molecule has 2 aromatic rings. The van der Waals surface area contributed by atoms with Gasteiger partial charge in [0.25, 0.3) is 5.91 Å². The highest BCUT2D eigenvalue weighted by Crippen LogP contribution is 2.11. The van der Waals surface area contributed by atoms with E-state index in [4.69, 9.17) is 5.73 Å². The molecule has 35 heavy (non-hydrogen) atoms. The Morgan fingerprint density at radius 3 is 2.34 bits per heavy atom. The number of nitrogens with two attached hydrogens (primary N) is 1. The minimum absolute atomic E-state index is 0.0865. The van der Waals surface area contributed by atoms with E-state index in [-0.39, 0.29) is 23.8 Å². The third kappa shape index (κ3) is 8.19. The molecular formula is C27H37N5O3. The van der Waals surface area contributed by atoms with Gasteiger partial charge in [0.1, 0.15) is 12.1 Å². The zero-order chi connectivity index (χ0) is 25.0. The van der Waals surface area contributed by atoms with E-state index in [1.807, 2.05) is 48.2 Å². The number of unbranched alkanes of at least 4 members (excludes halogenated alkanes) is 1. The average molecular weight is 480 g/mol. The summed E-state index contributed by atoms with van der Waals surface area (Å²) in [5.41, 5.74) is 7.05. The van der Waals surface area contributed by atoms with E-state index in [9.17, 15) is 14.4 Å². The van der Waals surface area contributed by atoms with Crippen molar-refractivity contribution in [1.29, 1.82) is 0 Å². The fraction of sp³-hybridized carbons (Fsp3) is 0.444. The number of hydrogen-bond donors (Lipinski definition) is 4. The van der Waals surface area contributed by atoms with Crippen molar-refractivity contribution >= 4 is 17.7 Å². The van der Waals surface area contributed by atoms with E-state index in [0.29, 0.717) is 38.0 Å². The van der Waals surface area contributed by atoms with Crippen LogP contribution in [-0.4, -0.2) is 66.9 Å². The Kier molecular flexibility index (Phi) is 10.3. The third-order valence-electron chi connectivity index (χ3n) is 6.18. The third-order valence-corrected chi connectivity index (χ3v) is 6.18. The first-order valence-electron chi connectivity index (χ1n) is 12.4. The number of hydrogen-bond acceptors (Lipinski definition) is 5. The number of amides is 3. The number of carbonyl (C=O) groups is 3. The summed E-state index contributed by atoms with van der Waals surface area (Å²) < 4.78 is 0. The Morgan fingerprint density at radius 2 is 1.69 bits per heavy atom. The highest BCUT2D eigenvalue weighted by molar-refractivity contribution is 5.98. The van der Waals surface area contributed by atoms with Crippen molar-refractivity contribution in [3.63, 3.8) is 0 Å². The molecule has 3 atom stereocenters. The van der Waals surface area contributed by atoms with Gasteiger partial charge in [0.05, 0.1) is 0 Å². The van der Waals surface area contributed by atoms with Crippen LogP contribution >= 0.6 is 0 Å². The molecule has 0 bridgehead atoms. The molecule has 1 aliphatic rings. The highest BCUT2D eigenvalue weighted by atomic mass is 16.2. The summed E-state index contributed by atoms with van der Waals surface area (Å²) in [6, 6.07) is 17.1. The maximum atomic E-state index is 13.5. The molecule has 0 saturated carbocycles. The number of piperazine rings is 1. The average Bonchev–Trinajstić information content (AvgIpc) is 2.88. The minimum Gasteiger partial charge on any atom is -0.343 e. The number of benzene rings is 2. The fourth-order valence-electron chi connectivity index (χ4n) is 4.27. The topological polar surface area (TPSA) is 117 Å². The summed E-state index contributed by atoms with van der Waals surface area (Å²) in [4.78, 5) is 41.5. The van der Waals surface area contributed by atoms with Crippen molar-refractivity contribution in [3.05, 3.63) is 71.8 Å². The van der Waals surface area contributed by atoms with Gasteiger partial charge in [-0.2, -0.15) is 0 Å². The van der Waals surface area contributed by atoms with Gasteiger partial charge in [-0.05, 0) is 50.4 Å². The first-order chi connectivity index (χ1) is 17.0. The van der Waals surface area contributed by atoms with E-state index in [2.05, 4.69) is 16.0 Å². The van der Waals surface area contributed by atoms with Crippen LogP contribution in [-0.2, 0) is 16.0 Å². The molecule has 2 aromatic carbocycles. The van der Waals surface area contributed by atoms with Crippen molar-refractivity contribution in [1.82, 2.24) is 20.9 Å². The first-order valence-corrected chi connectivity index (χ1v) is 12.4. The van der Waals surface area contributed by atoms with Gasteiger partial charge >= 0.3 is 0 Å². The van der Waals surface area contributed by atoms with Crippen molar-refractivity contribution in [2.75, 3.05) is 26.2 Å². The zero-order valence-electron chi connectivity index (χ0n) is 20.4. The summed E-state index contributed by atoms with van der Waals surface area (Å²) in [6.45, 7) is 4.49. The summed E-state index contributed by atoms with van der Waals surface area (Å²) in [7, 11) is 0. The summed E-state index contributed by atoms with van der Waals surface area (Å²) in [5.74, 6) is -0.785. The number of carbonyl (C=O) groups excluding carboxylic acids is 3. The van der Waals surface area contributed by atoms with Crippen molar-refractivity contribution in [2.45, 2.75) is 50.7 Å². The van der Waals surface area contributed by atoms with Crippen LogP contribution in [0, 0.1) is 0 Å². The maximum Gasteiger partial charge on any atom is 0.251 e. The second-order valence-corrected chi connectivity index (χ2v) is 9.07. The predicted octanol–water partition coefficient (Wildman–Crippen LogP) is 1.46. The van der Waals surface area contributed by atoms with E-state index in [0.717, 1.165) is 24.9 Å². The van der Waals surface area contributed by atoms with Gasteiger partial charge in [0, 0.05) is 37.7 Å².